The van der Waals surface area contributed by atoms with Gasteiger partial charge in [-0.2, -0.15) is 0 Å². The van der Waals surface area contributed by atoms with Crippen molar-refractivity contribution in [3.05, 3.63) is 0 Å². The second kappa shape index (κ2) is 6.62. The number of nitrogens with one attached hydrogen (secondary N) is 1. The van der Waals surface area contributed by atoms with Gasteiger partial charge in [0.2, 0.25) is 10.0 Å². The number of methoxy groups -OCH3 is 1. The van der Waals surface area contributed by atoms with E-state index >= 15 is 0 Å². The Hall–Kier alpha value is -0.660. The Labute approximate surface area is 126 Å². The maximum atomic E-state index is 12.8. The Morgan fingerprint density at radius 3 is 2.43 bits per heavy atom. The molecular weight excluding hydrogens is 292 g/mol. The van der Waals surface area contributed by atoms with E-state index in [1.54, 1.807) is 0 Å². The van der Waals surface area contributed by atoms with Crippen molar-refractivity contribution in [2.75, 3.05) is 13.7 Å². The summed E-state index contributed by atoms with van der Waals surface area (Å²) in [5.41, 5.74) is 5.29. The number of esters is 1. The van der Waals surface area contributed by atoms with Crippen molar-refractivity contribution in [2.24, 2.45) is 11.7 Å². The van der Waals surface area contributed by atoms with Gasteiger partial charge in [0, 0.05) is 12.1 Å². The summed E-state index contributed by atoms with van der Waals surface area (Å²) in [7, 11) is -2.26. The molecule has 2 atom stereocenters. The molecule has 3 N–H and O–H groups in total. The first-order chi connectivity index (χ1) is 9.94. The van der Waals surface area contributed by atoms with Crippen LogP contribution in [0.5, 0.6) is 0 Å². The topological polar surface area (TPSA) is 98.5 Å². The normalized spacial score (nSPS) is 29.2. The van der Waals surface area contributed by atoms with Crippen LogP contribution in [0.2, 0.25) is 0 Å². The predicted molar refractivity (Wildman–Crippen MR) is 80.1 cm³/mol. The van der Waals surface area contributed by atoms with Crippen LogP contribution in [0.25, 0.3) is 0 Å². The third-order valence-electron chi connectivity index (χ3n) is 4.92. The molecule has 7 heteroatoms. The number of carbonyl (C=O) groups excluding carboxylic acids is 1. The molecule has 0 aromatic rings. The highest BCUT2D eigenvalue weighted by atomic mass is 32.2. The molecule has 0 spiro atoms. The predicted octanol–water partition coefficient (Wildman–Crippen LogP) is 0.909. The van der Waals surface area contributed by atoms with Crippen molar-refractivity contribution < 1.29 is 17.9 Å². The maximum absolute atomic E-state index is 12.8. The highest BCUT2D eigenvalue weighted by molar-refractivity contribution is 7.90. The maximum Gasteiger partial charge on any atom is 0.310 e. The Kier molecular flexibility index (Phi) is 5.27. The van der Waals surface area contributed by atoms with Crippen LogP contribution in [0, 0.1) is 5.92 Å². The van der Waals surface area contributed by atoms with E-state index in [-0.39, 0.29) is 0 Å². The van der Waals surface area contributed by atoms with Crippen LogP contribution in [0.3, 0.4) is 0 Å². The zero-order chi connectivity index (χ0) is 15.5. The molecule has 0 amide bonds. The molecule has 0 saturated heterocycles. The molecule has 2 unspecified atom stereocenters. The average molecular weight is 318 g/mol. The van der Waals surface area contributed by atoms with Crippen LogP contribution in [0.15, 0.2) is 0 Å². The van der Waals surface area contributed by atoms with Gasteiger partial charge in [-0.1, -0.05) is 25.7 Å². The van der Waals surface area contributed by atoms with E-state index < -0.39 is 32.7 Å². The summed E-state index contributed by atoms with van der Waals surface area (Å²) >= 11 is 0. The fourth-order valence-electron chi connectivity index (χ4n) is 3.67. The highest BCUT2D eigenvalue weighted by Crippen LogP contribution is 2.34. The number of hydrogen-bond acceptors (Lipinski definition) is 5. The van der Waals surface area contributed by atoms with Crippen molar-refractivity contribution in [3.63, 3.8) is 0 Å². The van der Waals surface area contributed by atoms with Gasteiger partial charge < -0.3 is 10.5 Å². The minimum atomic E-state index is -3.57. The van der Waals surface area contributed by atoms with Gasteiger partial charge >= 0.3 is 5.97 Å². The Morgan fingerprint density at radius 1 is 1.24 bits per heavy atom. The third kappa shape index (κ3) is 3.57. The van der Waals surface area contributed by atoms with Gasteiger partial charge in [0.15, 0.2) is 0 Å². The zero-order valence-corrected chi connectivity index (χ0v) is 13.5. The van der Waals surface area contributed by atoms with Crippen molar-refractivity contribution in [1.82, 2.24) is 4.72 Å². The van der Waals surface area contributed by atoms with Crippen molar-refractivity contribution in [2.45, 2.75) is 62.2 Å². The summed E-state index contributed by atoms with van der Waals surface area (Å²) in [5.74, 6) is -0.976. The first-order valence-corrected chi connectivity index (χ1v) is 9.29. The Balaban J connectivity index is 2.18. The number of carbonyl (C=O) groups is 1. The number of sulfonamides is 1. The summed E-state index contributed by atoms with van der Waals surface area (Å²) in [6, 6.07) is 0. The largest absolute Gasteiger partial charge is 0.469 e. The lowest BCUT2D eigenvalue weighted by molar-refractivity contribution is -0.146. The lowest BCUT2D eigenvalue weighted by Crippen LogP contribution is -2.56. The molecule has 0 radical (unpaired) electrons. The Bertz CT molecular complexity index is 471. The van der Waals surface area contributed by atoms with E-state index in [0.717, 1.165) is 38.5 Å². The molecule has 2 aliphatic rings. The molecule has 0 bridgehead atoms. The van der Waals surface area contributed by atoms with E-state index in [1.165, 1.54) is 7.11 Å². The summed E-state index contributed by atoms with van der Waals surface area (Å²) < 4.78 is 33.1. The lowest BCUT2D eigenvalue weighted by atomic mass is 9.89. The lowest BCUT2D eigenvalue weighted by Gasteiger charge is -2.34. The smallest absolute Gasteiger partial charge is 0.310 e. The van der Waals surface area contributed by atoms with Crippen LogP contribution in [-0.2, 0) is 19.6 Å². The Morgan fingerprint density at radius 2 is 1.86 bits per heavy atom. The van der Waals surface area contributed by atoms with E-state index in [4.69, 9.17) is 10.5 Å². The molecule has 0 aromatic carbocycles. The van der Waals surface area contributed by atoms with Gasteiger partial charge in [0.1, 0.15) is 0 Å². The minimum absolute atomic E-state index is 0.307. The summed E-state index contributed by atoms with van der Waals surface area (Å²) in [6.45, 7) is 0.307. The first kappa shape index (κ1) is 16.7. The molecule has 2 saturated carbocycles. The van der Waals surface area contributed by atoms with Crippen LogP contribution >= 0.6 is 0 Å². The number of rotatable bonds is 5. The van der Waals surface area contributed by atoms with Crippen LogP contribution in [0.4, 0.5) is 0 Å². The molecule has 122 valence electrons. The average Bonchev–Trinajstić information content (AvgIpc) is 2.95. The molecular formula is C14H26N2O4S. The molecule has 21 heavy (non-hydrogen) atoms. The number of nitrogens with two attached hydrogens (primary N) is 1. The SMILES string of the molecule is COC(=O)C1CCCCC1S(=O)(=O)NC1(CN)CCCC1. The van der Waals surface area contributed by atoms with Gasteiger partial charge in [-0.05, 0) is 25.7 Å². The van der Waals surface area contributed by atoms with Crippen LogP contribution < -0.4 is 10.5 Å². The van der Waals surface area contributed by atoms with E-state index in [2.05, 4.69) is 4.72 Å². The second-order valence-corrected chi connectivity index (χ2v) is 8.19. The van der Waals surface area contributed by atoms with Gasteiger partial charge in [-0.15, -0.1) is 0 Å². The highest BCUT2D eigenvalue weighted by Gasteiger charge is 2.44. The van der Waals surface area contributed by atoms with Gasteiger partial charge in [0.05, 0.1) is 18.3 Å². The molecule has 2 fully saturated rings. The van der Waals surface area contributed by atoms with Crippen molar-refractivity contribution >= 4 is 16.0 Å². The van der Waals surface area contributed by atoms with E-state index in [0.29, 0.717) is 19.4 Å². The van der Waals surface area contributed by atoms with E-state index in [1.807, 2.05) is 0 Å². The third-order valence-corrected chi connectivity index (χ3v) is 6.99. The van der Waals surface area contributed by atoms with Gasteiger partial charge in [-0.3, -0.25) is 4.79 Å². The quantitative estimate of drug-likeness (QED) is 0.734. The monoisotopic (exact) mass is 318 g/mol. The minimum Gasteiger partial charge on any atom is -0.469 e. The van der Waals surface area contributed by atoms with E-state index in [9.17, 15) is 13.2 Å². The zero-order valence-electron chi connectivity index (χ0n) is 12.6. The summed E-state index contributed by atoms with van der Waals surface area (Å²) in [4.78, 5) is 11.9. The molecule has 2 aliphatic carbocycles. The summed E-state index contributed by atoms with van der Waals surface area (Å²) in [5, 5.41) is -0.692. The van der Waals surface area contributed by atoms with Crippen LogP contribution in [-0.4, -0.2) is 38.8 Å². The number of hydrogen-bond donors (Lipinski definition) is 2. The molecule has 2 rings (SSSR count). The van der Waals surface area contributed by atoms with Gasteiger partial charge in [-0.25, -0.2) is 13.1 Å². The van der Waals surface area contributed by atoms with Crippen molar-refractivity contribution in [3.8, 4) is 0 Å². The first-order valence-electron chi connectivity index (χ1n) is 7.75. The fraction of sp³-hybridized carbons (Fsp3) is 0.929. The molecule has 0 heterocycles. The number of ether oxygens (including phenoxy) is 1. The molecule has 6 nitrogen and oxygen atoms in total. The molecule has 0 aliphatic heterocycles. The van der Waals surface area contributed by atoms with Gasteiger partial charge in [0.25, 0.3) is 0 Å². The summed E-state index contributed by atoms with van der Waals surface area (Å²) in [6.07, 6.45) is 6.32. The molecule has 0 aromatic heterocycles. The second-order valence-electron chi connectivity index (χ2n) is 6.29. The van der Waals surface area contributed by atoms with Crippen LogP contribution in [0.1, 0.15) is 51.4 Å². The van der Waals surface area contributed by atoms with Crippen molar-refractivity contribution in [1.29, 1.82) is 0 Å². The standard InChI is InChI=1S/C14H26N2O4S/c1-20-13(17)11-6-2-3-7-12(11)21(18,19)16-14(10-15)8-4-5-9-14/h11-12,16H,2-10,15H2,1H3. The fourth-order valence-corrected chi connectivity index (χ4v) is 5.87.